The lowest BCUT2D eigenvalue weighted by Crippen LogP contribution is -2.18. The number of Topliss-reactive ketones (excluding diaryl/α,β-unsaturated/α-hetero) is 1. The number of carbonyl (C=O) groups is 1. The predicted octanol–water partition coefficient (Wildman–Crippen LogP) is 4.25. The van der Waals surface area contributed by atoms with Gasteiger partial charge in [0.25, 0.3) is 0 Å². The molecule has 1 aromatic heterocycles. The van der Waals surface area contributed by atoms with Gasteiger partial charge in [0, 0.05) is 12.0 Å². The molecule has 5 nitrogen and oxygen atoms in total. The number of carbonyl (C=O) groups excluding carboxylic acids is 1. The van der Waals surface area contributed by atoms with E-state index in [1.807, 2.05) is 62.4 Å². The summed E-state index contributed by atoms with van der Waals surface area (Å²) in [6, 6.07) is 15.8. The normalized spacial score (nSPS) is 10.5. The van der Waals surface area contributed by atoms with Crippen LogP contribution in [0.15, 0.2) is 54.7 Å². The Labute approximate surface area is 165 Å². The highest BCUT2D eigenvalue weighted by Gasteiger charge is 2.10. The van der Waals surface area contributed by atoms with E-state index >= 15 is 0 Å². The molecule has 0 unspecified atom stereocenters. The van der Waals surface area contributed by atoms with Gasteiger partial charge in [0.15, 0.2) is 5.78 Å². The second-order valence-corrected chi connectivity index (χ2v) is 6.69. The van der Waals surface area contributed by atoms with Crippen LogP contribution >= 0.6 is 0 Å². The van der Waals surface area contributed by atoms with E-state index in [-0.39, 0.29) is 12.3 Å². The summed E-state index contributed by atoms with van der Waals surface area (Å²) in [4.78, 5) is 21.5. The second kappa shape index (κ2) is 9.13. The smallest absolute Gasteiger partial charge is 0.156 e. The van der Waals surface area contributed by atoms with Gasteiger partial charge in [-0.05, 0) is 43.2 Å². The van der Waals surface area contributed by atoms with Gasteiger partial charge < -0.3 is 10.1 Å². The van der Waals surface area contributed by atoms with Crippen LogP contribution in [-0.2, 0) is 17.6 Å². The van der Waals surface area contributed by atoms with E-state index in [9.17, 15) is 4.79 Å². The average Bonchev–Trinajstić information content (AvgIpc) is 2.74. The first-order chi connectivity index (χ1) is 13.6. The van der Waals surface area contributed by atoms with Gasteiger partial charge in [-0.1, -0.05) is 36.8 Å². The molecule has 1 heterocycles. The number of ether oxygens (including phenoxy) is 1. The zero-order chi connectivity index (χ0) is 19.9. The van der Waals surface area contributed by atoms with E-state index < -0.39 is 0 Å². The van der Waals surface area contributed by atoms with Gasteiger partial charge in [-0.15, -0.1) is 0 Å². The Hall–Kier alpha value is -3.21. The van der Waals surface area contributed by atoms with Crippen LogP contribution in [0.4, 0.5) is 5.82 Å². The summed E-state index contributed by atoms with van der Waals surface area (Å²) in [5.74, 6) is 1.58. The molecule has 0 bridgehead atoms. The van der Waals surface area contributed by atoms with Gasteiger partial charge in [0.2, 0.25) is 0 Å². The molecule has 144 valence electrons. The molecule has 0 aliphatic heterocycles. The fourth-order valence-corrected chi connectivity index (χ4v) is 2.90. The number of aryl methyl sites for hydroxylation is 2. The highest BCUT2D eigenvalue weighted by Crippen LogP contribution is 2.22. The van der Waals surface area contributed by atoms with E-state index in [1.165, 1.54) is 5.56 Å². The molecule has 5 heteroatoms. The van der Waals surface area contributed by atoms with E-state index in [4.69, 9.17) is 9.72 Å². The van der Waals surface area contributed by atoms with Gasteiger partial charge in [-0.25, -0.2) is 9.97 Å². The molecular formula is C23H25N3O2. The lowest BCUT2D eigenvalue weighted by Gasteiger charge is -2.11. The quantitative estimate of drug-likeness (QED) is 0.638. The van der Waals surface area contributed by atoms with Crippen LogP contribution in [0.25, 0.3) is 11.3 Å². The monoisotopic (exact) mass is 375 g/mol. The summed E-state index contributed by atoms with van der Waals surface area (Å²) in [7, 11) is 1.64. The number of nitrogens with zero attached hydrogens (tertiary/aromatic N) is 2. The van der Waals surface area contributed by atoms with Crippen LogP contribution in [0.2, 0.25) is 0 Å². The summed E-state index contributed by atoms with van der Waals surface area (Å²) >= 11 is 0. The largest absolute Gasteiger partial charge is 0.497 e. The Kier molecular flexibility index (Phi) is 6.37. The van der Waals surface area contributed by atoms with Crippen LogP contribution in [0.3, 0.4) is 0 Å². The van der Waals surface area contributed by atoms with E-state index in [2.05, 4.69) is 10.3 Å². The fraction of sp³-hybridized carbons (Fsp3) is 0.261. The van der Waals surface area contributed by atoms with Crippen LogP contribution < -0.4 is 10.1 Å². The van der Waals surface area contributed by atoms with Gasteiger partial charge in [-0.2, -0.15) is 0 Å². The predicted molar refractivity (Wildman–Crippen MR) is 112 cm³/mol. The standard InChI is InChI=1S/C23H25N3O2/c1-4-21-23(24-14-19(27)13-17-7-5-16(2)6-8-17)25-15-22(26-21)18-9-11-20(28-3)12-10-18/h5-12,15H,4,13-14H2,1-3H3,(H,24,25). The Balaban J connectivity index is 1.66. The third-order valence-corrected chi connectivity index (χ3v) is 4.54. The Morgan fingerprint density at radius 1 is 1.07 bits per heavy atom. The van der Waals surface area contributed by atoms with Crippen molar-refractivity contribution in [1.82, 2.24) is 9.97 Å². The first-order valence-electron chi connectivity index (χ1n) is 9.40. The first-order valence-corrected chi connectivity index (χ1v) is 9.40. The number of rotatable bonds is 8. The highest BCUT2D eigenvalue weighted by molar-refractivity contribution is 5.84. The molecule has 0 aliphatic rings. The molecule has 0 aliphatic carbocycles. The van der Waals surface area contributed by atoms with Crippen molar-refractivity contribution in [2.24, 2.45) is 0 Å². The zero-order valence-electron chi connectivity index (χ0n) is 16.5. The summed E-state index contributed by atoms with van der Waals surface area (Å²) in [6.07, 6.45) is 2.87. The average molecular weight is 375 g/mol. The van der Waals surface area contributed by atoms with Gasteiger partial charge in [0.1, 0.15) is 11.6 Å². The third kappa shape index (κ3) is 4.94. The van der Waals surface area contributed by atoms with Crippen LogP contribution in [0.5, 0.6) is 5.75 Å². The van der Waals surface area contributed by atoms with Crippen LogP contribution in [0.1, 0.15) is 23.7 Å². The molecule has 0 atom stereocenters. The first kappa shape index (κ1) is 19.5. The van der Waals surface area contributed by atoms with Crippen molar-refractivity contribution in [3.8, 4) is 17.0 Å². The molecular weight excluding hydrogens is 350 g/mol. The molecule has 28 heavy (non-hydrogen) atoms. The maximum absolute atomic E-state index is 12.3. The number of benzene rings is 2. The number of hydrogen-bond donors (Lipinski definition) is 1. The summed E-state index contributed by atoms with van der Waals surface area (Å²) < 4.78 is 5.19. The molecule has 1 N–H and O–H groups in total. The van der Waals surface area contributed by atoms with Crippen molar-refractivity contribution >= 4 is 11.6 Å². The molecule has 0 radical (unpaired) electrons. The molecule has 3 rings (SSSR count). The Morgan fingerprint density at radius 2 is 1.79 bits per heavy atom. The number of aromatic nitrogens is 2. The number of methoxy groups -OCH3 is 1. The van der Waals surface area contributed by atoms with Crippen LogP contribution in [-0.4, -0.2) is 29.4 Å². The van der Waals surface area contributed by atoms with E-state index in [0.29, 0.717) is 12.2 Å². The number of hydrogen-bond acceptors (Lipinski definition) is 5. The molecule has 2 aromatic carbocycles. The lowest BCUT2D eigenvalue weighted by molar-refractivity contribution is -0.116. The minimum Gasteiger partial charge on any atom is -0.497 e. The maximum Gasteiger partial charge on any atom is 0.156 e. The minimum absolute atomic E-state index is 0.118. The molecule has 0 saturated carbocycles. The summed E-state index contributed by atoms with van der Waals surface area (Å²) in [6.45, 7) is 4.30. The molecule has 0 spiro atoms. The SMILES string of the molecule is CCc1nc(-c2ccc(OC)cc2)cnc1NCC(=O)Cc1ccc(C)cc1. The maximum atomic E-state index is 12.3. The zero-order valence-corrected chi connectivity index (χ0v) is 16.5. The Morgan fingerprint density at radius 3 is 2.43 bits per heavy atom. The lowest BCUT2D eigenvalue weighted by atomic mass is 10.1. The molecule has 0 amide bonds. The number of anilines is 1. The van der Waals surface area contributed by atoms with E-state index in [0.717, 1.165) is 34.7 Å². The van der Waals surface area contributed by atoms with E-state index in [1.54, 1.807) is 13.3 Å². The van der Waals surface area contributed by atoms with Crippen molar-refractivity contribution in [2.45, 2.75) is 26.7 Å². The van der Waals surface area contributed by atoms with Crippen molar-refractivity contribution in [1.29, 1.82) is 0 Å². The van der Waals surface area contributed by atoms with Crippen LogP contribution in [0, 0.1) is 6.92 Å². The van der Waals surface area contributed by atoms with Crippen molar-refractivity contribution < 1.29 is 9.53 Å². The molecule has 3 aromatic rings. The molecule has 0 fully saturated rings. The number of nitrogens with one attached hydrogen (secondary N) is 1. The minimum atomic E-state index is 0.118. The van der Waals surface area contributed by atoms with Gasteiger partial charge in [-0.3, -0.25) is 4.79 Å². The van der Waals surface area contributed by atoms with Crippen molar-refractivity contribution in [3.63, 3.8) is 0 Å². The highest BCUT2D eigenvalue weighted by atomic mass is 16.5. The topological polar surface area (TPSA) is 64.1 Å². The fourth-order valence-electron chi connectivity index (χ4n) is 2.90. The third-order valence-electron chi connectivity index (χ3n) is 4.54. The van der Waals surface area contributed by atoms with Crippen molar-refractivity contribution in [2.75, 3.05) is 19.0 Å². The Bertz CT molecular complexity index is 935. The summed E-state index contributed by atoms with van der Waals surface area (Å²) in [5, 5.41) is 3.15. The van der Waals surface area contributed by atoms with Gasteiger partial charge in [0.05, 0.1) is 31.2 Å². The van der Waals surface area contributed by atoms with Crippen molar-refractivity contribution in [3.05, 3.63) is 71.5 Å². The number of ketones is 1. The molecule has 0 saturated heterocycles. The second-order valence-electron chi connectivity index (χ2n) is 6.69. The summed E-state index contributed by atoms with van der Waals surface area (Å²) in [5.41, 5.74) is 4.83. The van der Waals surface area contributed by atoms with Gasteiger partial charge >= 0.3 is 0 Å².